The minimum Gasteiger partial charge on any atom is -0.504 e. The number of rotatable bonds is 4. The smallest absolute Gasteiger partial charge is 0.314 e. The molecule has 1 aromatic rings. The van der Waals surface area contributed by atoms with Gasteiger partial charge >= 0.3 is 5.69 Å². The number of nitrogens with one attached hydrogen (secondary N) is 1. The molecule has 1 aliphatic rings. The second kappa shape index (κ2) is 6.02. The van der Waals surface area contributed by atoms with E-state index in [2.05, 4.69) is 5.32 Å². The van der Waals surface area contributed by atoms with Gasteiger partial charge in [-0.3, -0.25) is 15.0 Å². The van der Waals surface area contributed by atoms with Crippen LogP contribution in [0.5, 0.6) is 11.5 Å². The van der Waals surface area contributed by atoms with Gasteiger partial charge in [-0.25, -0.2) is 4.39 Å². The molecule has 2 rings (SSSR count). The maximum absolute atomic E-state index is 13.3. The quantitative estimate of drug-likeness (QED) is 0.432. The highest BCUT2D eigenvalue weighted by Gasteiger charge is 2.27. The Morgan fingerprint density at radius 1 is 1.40 bits per heavy atom. The van der Waals surface area contributed by atoms with Gasteiger partial charge in [0.1, 0.15) is 6.67 Å². The van der Waals surface area contributed by atoms with E-state index in [0.29, 0.717) is 26.2 Å². The third kappa shape index (κ3) is 2.81. The fourth-order valence-corrected chi connectivity index (χ4v) is 2.35. The summed E-state index contributed by atoms with van der Waals surface area (Å²) in [6.07, 6.45) is 0. The highest BCUT2D eigenvalue weighted by molar-refractivity contribution is 5.57. The van der Waals surface area contributed by atoms with Crippen LogP contribution in [-0.4, -0.2) is 52.9 Å². The molecule has 1 aromatic carbocycles. The fraction of sp³-hybridized carbons (Fsp3) is 0.500. The SMILES string of the molecule is O=[N+]([O-])c1cc([C@@H](CF)N2CCNCC2)cc(O)c1O. The predicted molar refractivity (Wildman–Crippen MR) is 69.6 cm³/mol. The van der Waals surface area contributed by atoms with Crippen molar-refractivity contribution in [3.8, 4) is 11.5 Å². The molecule has 1 saturated heterocycles. The van der Waals surface area contributed by atoms with Crippen LogP contribution in [0.1, 0.15) is 11.6 Å². The zero-order valence-electron chi connectivity index (χ0n) is 10.8. The van der Waals surface area contributed by atoms with Gasteiger partial charge in [0.2, 0.25) is 5.75 Å². The van der Waals surface area contributed by atoms with Crippen molar-refractivity contribution in [3.05, 3.63) is 27.8 Å². The standard InChI is InChI=1S/C12H16FN3O4/c13-7-10(15-3-1-14-2-4-15)8-5-9(16(19)20)12(18)11(17)6-8/h5-6,10,14,17-18H,1-4,7H2/t10-/m1/s1. The molecule has 1 atom stereocenters. The van der Waals surface area contributed by atoms with E-state index in [1.165, 1.54) is 6.07 Å². The predicted octanol–water partition coefficient (Wildman–Crippen LogP) is 0.922. The van der Waals surface area contributed by atoms with E-state index in [1.54, 1.807) is 0 Å². The molecule has 20 heavy (non-hydrogen) atoms. The minimum atomic E-state index is -0.800. The summed E-state index contributed by atoms with van der Waals surface area (Å²) in [5.74, 6) is -1.40. The molecular formula is C12H16FN3O4. The van der Waals surface area contributed by atoms with Crippen LogP contribution in [0.25, 0.3) is 0 Å². The number of phenolic OH excluding ortho intramolecular Hbond substituents is 2. The maximum atomic E-state index is 13.3. The summed E-state index contributed by atoms with van der Waals surface area (Å²) < 4.78 is 13.3. The van der Waals surface area contributed by atoms with Crippen LogP contribution in [0.3, 0.4) is 0 Å². The second-order valence-electron chi connectivity index (χ2n) is 4.62. The normalized spacial score (nSPS) is 17.9. The molecule has 0 bridgehead atoms. The number of hydrogen-bond acceptors (Lipinski definition) is 6. The lowest BCUT2D eigenvalue weighted by atomic mass is 10.0. The molecule has 0 spiro atoms. The summed E-state index contributed by atoms with van der Waals surface area (Å²) in [7, 11) is 0. The summed E-state index contributed by atoms with van der Waals surface area (Å²) in [6, 6.07) is 1.62. The third-order valence-corrected chi connectivity index (χ3v) is 3.41. The van der Waals surface area contributed by atoms with Gasteiger partial charge in [-0.15, -0.1) is 0 Å². The van der Waals surface area contributed by atoms with Crippen molar-refractivity contribution in [3.63, 3.8) is 0 Å². The number of piperazine rings is 1. The van der Waals surface area contributed by atoms with E-state index in [4.69, 9.17) is 0 Å². The van der Waals surface area contributed by atoms with Crippen LogP contribution in [0.2, 0.25) is 0 Å². The monoisotopic (exact) mass is 285 g/mol. The van der Waals surface area contributed by atoms with Crippen LogP contribution < -0.4 is 5.32 Å². The van der Waals surface area contributed by atoms with Gasteiger partial charge in [0.15, 0.2) is 5.75 Å². The maximum Gasteiger partial charge on any atom is 0.314 e. The highest BCUT2D eigenvalue weighted by Crippen LogP contribution is 2.38. The van der Waals surface area contributed by atoms with E-state index < -0.39 is 34.8 Å². The lowest BCUT2D eigenvalue weighted by molar-refractivity contribution is -0.386. The molecule has 8 heteroatoms. The van der Waals surface area contributed by atoms with E-state index in [0.717, 1.165) is 6.07 Å². The third-order valence-electron chi connectivity index (χ3n) is 3.41. The zero-order valence-corrected chi connectivity index (χ0v) is 10.8. The number of nitro groups is 1. The topological polar surface area (TPSA) is 98.9 Å². The highest BCUT2D eigenvalue weighted by atomic mass is 19.1. The minimum absolute atomic E-state index is 0.288. The molecule has 0 radical (unpaired) electrons. The number of nitro benzene ring substituents is 1. The summed E-state index contributed by atoms with van der Waals surface area (Å²) in [6.45, 7) is 1.93. The fourth-order valence-electron chi connectivity index (χ4n) is 2.35. The van der Waals surface area contributed by atoms with Gasteiger partial charge in [0.25, 0.3) is 0 Å². The lowest BCUT2D eigenvalue weighted by Gasteiger charge is -2.33. The first kappa shape index (κ1) is 14.5. The Bertz CT molecular complexity index is 506. The molecule has 1 aliphatic heterocycles. The Morgan fingerprint density at radius 3 is 2.60 bits per heavy atom. The average Bonchev–Trinajstić information content (AvgIpc) is 2.44. The Kier molecular flexibility index (Phi) is 4.35. The van der Waals surface area contributed by atoms with Gasteiger partial charge < -0.3 is 15.5 Å². The van der Waals surface area contributed by atoms with Gasteiger partial charge in [-0.1, -0.05) is 0 Å². The molecule has 1 heterocycles. The van der Waals surface area contributed by atoms with Crippen molar-refractivity contribution in [2.75, 3.05) is 32.9 Å². The van der Waals surface area contributed by atoms with Crippen LogP contribution in [0.4, 0.5) is 10.1 Å². The number of hydrogen-bond donors (Lipinski definition) is 3. The van der Waals surface area contributed by atoms with Crippen molar-refractivity contribution < 1.29 is 19.5 Å². The molecule has 0 saturated carbocycles. The van der Waals surface area contributed by atoms with E-state index >= 15 is 0 Å². The van der Waals surface area contributed by atoms with E-state index in [-0.39, 0.29) is 5.56 Å². The van der Waals surface area contributed by atoms with Gasteiger partial charge in [0, 0.05) is 32.2 Å². The number of aromatic hydroxyl groups is 2. The number of benzene rings is 1. The molecule has 3 N–H and O–H groups in total. The van der Waals surface area contributed by atoms with E-state index in [1.807, 2.05) is 4.90 Å². The Balaban J connectivity index is 2.36. The van der Waals surface area contributed by atoms with Crippen LogP contribution in [0.15, 0.2) is 12.1 Å². The van der Waals surface area contributed by atoms with Crippen LogP contribution in [-0.2, 0) is 0 Å². The Labute approximate surface area is 114 Å². The first-order valence-electron chi connectivity index (χ1n) is 6.25. The van der Waals surface area contributed by atoms with Gasteiger partial charge in [0.05, 0.1) is 11.0 Å². The van der Waals surface area contributed by atoms with Crippen molar-refractivity contribution in [1.82, 2.24) is 10.2 Å². The number of halogens is 1. The summed E-state index contributed by atoms with van der Waals surface area (Å²) >= 11 is 0. The molecule has 0 unspecified atom stereocenters. The Hall–Kier alpha value is -1.93. The summed E-state index contributed by atoms with van der Waals surface area (Å²) in [5, 5.41) is 33.0. The molecular weight excluding hydrogens is 269 g/mol. The molecule has 110 valence electrons. The number of nitrogens with zero attached hydrogens (tertiary/aromatic N) is 2. The summed E-state index contributed by atoms with van der Waals surface area (Å²) in [4.78, 5) is 11.9. The van der Waals surface area contributed by atoms with Crippen molar-refractivity contribution in [1.29, 1.82) is 0 Å². The van der Waals surface area contributed by atoms with Crippen LogP contribution in [0, 0.1) is 10.1 Å². The van der Waals surface area contributed by atoms with Gasteiger partial charge in [-0.2, -0.15) is 0 Å². The summed E-state index contributed by atoms with van der Waals surface area (Å²) in [5.41, 5.74) is -0.329. The van der Waals surface area contributed by atoms with Crippen molar-refractivity contribution in [2.24, 2.45) is 0 Å². The van der Waals surface area contributed by atoms with Crippen molar-refractivity contribution in [2.45, 2.75) is 6.04 Å². The van der Waals surface area contributed by atoms with Crippen LogP contribution >= 0.6 is 0 Å². The lowest BCUT2D eigenvalue weighted by Crippen LogP contribution is -2.45. The number of alkyl halides is 1. The molecule has 0 amide bonds. The number of phenols is 2. The van der Waals surface area contributed by atoms with Gasteiger partial charge in [-0.05, 0) is 11.6 Å². The average molecular weight is 285 g/mol. The zero-order chi connectivity index (χ0) is 14.7. The first-order valence-corrected chi connectivity index (χ1v) is 6.25. The Morgan fingerprint density at radius 2 is 2.05 bits per heavy atom. The van der Waals surface area contributed by atoms with Crippen molar-refractivity contribution >= 4 is 5.69 Å². The largest absolute Gasteiger partial charge is 0.504 e. The first-order chi connectivity index (χ1) is 9.54. The molecule has 7 nitrogen and oxygen atoms in total. The molecule has 0 aromatic heterocycles. The molecule has 0 aliphatic carbocycles. The molecule has 1 fully saturated rings. The second-order valence-corrected chi connectivity index (χ2v) is 4.62. The van der Waals surface area contributed by atoms with E-state index in [9.17, 15) is 24.7 Å².